The van der Waals surface area contributed by atoms with Crippen LogP contribution in [0, 0.1) is 0 Å². The predicted molar refractivity (Wildman–Crippen MR) is 173 cm³/mol. The molecule has 8 nitrogen and oxygen atoms in total. The Kier molecular flexibility index (Phi) is 15.1. The second-order valence-corrected chi connectivity index (χ2v) is 12.9. The van der Waals surface area contributed by atoms with Gasteiger partial charge < -0.3 is 23.3 Å². The summed E-state index contributed by atoms with van der Waals surface area (Å²) < 4.78 is 24.3. The van der Waals surface area contributed by atoms with Crippen LogP contribution in [0.4, 0.5) is 11.4 Å². The lowest BCUT2D eigenvalue weighted by atomic mass is 10.1. The molecule has 9 heteroatoms. The Morgan fingerprint density at radius 2 is 1.33 bits per heavy atom. The number of hydrogen-bond acceptors (Lipinski definition) is 7. The number of ether oxygens (including phenoxy) is 1. The van der Waals surface area contributed by atoms with Crippen LogP contribution in [0.15, 0.2) is 89.1 Å². The van der Waals surface area contributed by atoms with Crippen molar-refractivity contribution in [3.05, 3.63) is 90.0 Å². The van der Waals surface area contributed by atoms with Crippen molar-refractivity contribution in [1.29, 1.82) is 0 Å². The molecule has 1 atom stereocenters. The molecule has 1 amide bonds. The Balaban J connectivity index is 1.66. The maximum Gasteiger partial charge on any atom is 0.501 e. The Bertz CT molecular complexity index is 1210. The summed E-state index contributed by atoms with van der Waals surface area (Å²) >= 11 is 0. The number of azo groups is 1. The minimum atomic E-state index is -2.93. The van der Waals surface area contributed by atoms with Crippen molar-refractivity contribution in [3.8, 4) is 5.75 Å². The fraction of sp³-hybridized carbons (Fsp3) is 0.441. The number of nitrogens with zero attached hydrogens (tertiary/aromatic N) is 2. The summed E-state index contributed by atoms with van der Waals surface area (Å²) in [5.74, 6) is 0.376. The minimum absolute atomic E-state index is 0.223. The van der Waals surface area contributed by atoms with Crippen molar-refractivity contribution in [1.82, 2.24) is 5.32 Å². The molecule has 1 N–H and O–H groups in total. The number of carbonyl (C=O) groups is 1. The number of aryl methyl sites for hydroxylation is 1. The SMILES string of the molecule is CCCCCCc1ccc(N=Nc2ccc(OC(CC[Si](OCC)(OCC)OCC)NC(=O)c3ccccc3)cc2)cc1. The third-order valence-electron chi connectivity index (χ3n) is 6.78. The van der Waals surface area contributed by atoms with E-state index in [0.717, 1.165) is 12.1 Å². The van der Waals surface area contributed by atoms with Gasteiger partial charge in [-0.05, 0) is 87.7 Å². The zero-order valence-corrected chi connectivity index (χ0v) is 27.1. The van der Waals surface area contributed by atoms with E-state index in [1.165, 1.54) is 31.2 Å². The van der Waals surface area contributed by atoms with Crippen molar-refractivity contribution >= 4 is 26.1 Å². The van der Waals surface area contributed by atoms with Gasteiger partial charge in [-0.3, -0.25) is 4.79 Å². The van der Waals surface area contributed by atoms with Crippen LogP contribution in [0.1, 0.15) is 75.7 Å². The van der Waals surface area contributed by atoms with Gasteiger partial charge in [-0.2, -0.15) is 10.2 Å². The molecule has 0 aliphatic heterocycles. The topological polar surface area (TPSA) is 90.7 Å². The predicted octanol–water partition coefficient (Wildman–Crippen LogP) is 8.80. The minimum Gasteiger partial charge on any atom is -0.471 e. The third-order valence-corrected chi connectivity index (χ3v) is 9.87. The lowest BCUT2D eigenvalue weighted by molar-refractivity contribution is 0.0617. The van der Waals surface area contributed by atoms with Gasteiger partial charge in [0.15, 0.2) is 6.23 Å². The molecule has 43 heavy (non-hydrogen) atoms. The Hall–Kier alpha value is -3.37. The van der Waals surface area contributed by atoms with E-state index >= 15 is 0 Å². The van der Waals surface area contributed by atoms with Crippen LogP contribution in [-0.4, -0.2) is 40.8 Å². The lowest BCUT2D eigenvalue weighted by Crippen LogP contribution is -2.48. The average molecular weight is 606 g/mol. The standard InChI is InChI=1S/C34H47N3O5Si/c1-5-9-10-12-15-28-18-20-30(21-19-28)36-37-31-22-24-32(25-23-31)42-33(35-34(38)29-16-13-11-14-17-29)26-27-43(39-6-2,40-7-3)41-8-4/h11,13-14,16-25,33H,5-10,12,15,26-27H2,1-4H3,(H,35,38). The molecule has 0 fully saturated rings. The van der Waals surface area contributed by atoms with Crippen molar-refractivity contribution in [3.63, 3.8) is 0 Å². The molecular formula is C34H47N3O5Si. The fourth-order valence-corrected chi connectivity index (χ4v) is 7.26. The van der Waals surface area contributed by atoms with E-state index in [-0.39, 0.29) is 5.91 Å². The normalized spacial score (nSPS) is 12.4. The zero-order valence-electron chi connectivity index (χ0n) is 26.1. The Labute approximate surface area is 258 Å². The highest BCUT2D eigenvalue weighted by Gasteiger charge is 2.41. The second-order valence-electron chi connectivity index (χ2n) is 10.1. The van der Waals surface area contributed by atoms with Crippen LogP contribution in [0.25, 0.3) is 0 Å². The number of amides is 1. The van der Waals surface area contributed by atoms with E-state index in [1.807, 2.05) is 75.4 Å². The summed E-state index contributed by atoms with van der Waals surface area (Å²) in [6.07, 6.45) is 5.93. The molecule has 0 radical (unpaired) electrons. The highest BCUT2D eigenvalue weighted by Crippen LogP contribution is 2.25. The molecule has 0 aromatic heterocycles. The number of carbonyl (C=O) groups excluding carboxylic acids is 1. The van der Waals surface area contributed by atoms with Crippen LogP contribution in [0.2, 0.25) is 6.04 Å². The number of benzene rings is 3. The van der Waals surface area contributed by atoms with Gasteiger partial charge in [0, 0.05) is 37.8 Å². The summed E-state index contributed by atoms with van der Waals surface area (Å²) in [6.45, 7) is 9.44. The number of rotatable bonds is 20. The first kappa shape index (κ1) is 34.1. The van der Waals surface area contributed by atoms with Crippen LogP contribution in [-0.2, 0) is 19.7 Å². The third kappa shape index (κ3) is 12.0. The molecule has 3 aromatic rings. The Morgan fingerprint density at radius 1 is 0.744 bits per heavy atom. The first-order valence-corrected chi connectivity index (χ1v) is 17.5. The van der Waals surface area contributed by atoms with Gasteiger partial charge in [-0.1, -0.05) is 56.5 Å². The van der Waals surface area contributed by atoms with E-state index in [1.54, 1.807) is 12.1 Å². The molecule has 0 saturated heterocycles. The first-order chi connectivity index (χ1) is 21.0. The van der Waals surface area contributed by atoms with E-state index in [2.05, 4.69) is 34.6 Å². The summed E-state index contributed by atoms with van der Waals surface area (Å²) in [4.78, 5) is 13.0. The number of nitrogens with one attached hydrogen (secondary N) is 1. The largest absolute Gasteiger partial charge is 0.501 e. The molecule has 0 bridgehead atoms. The first-order valence-electron chi connectivity index (χ1n) is 15.6. The molecule has 0 aliphatic carbocycles. The van der Waals surface area contributed by atoms with Crippen LogP contribution >= 0.6 is 0 Å². The molecule has 0 heterocycles. The Morgan fingerprint density at radius 3 is 1.88 bits per heavy atom. The van der Waals surface area contributed by atoms with Gasteiger partial charge in [0.2, 0.25) is 0 Å². The van der Waals surface area contributed by atoms with Gasteiger partial charge in [0.1, 0.15) is 5.75 Å². The monoisotopic (exact) mass is 605 g/mol. The van der Waals surface area contributed by atoms with E-state index in [0.29, 0.717) is 49.3 Å². The summed E-state index contributed by atoms with van der Waals surface area (Å²) in [7, 11) is -2.93. The van der Waals surface area contributed by atoms with Crippen molar-refractivity contribution in [2.45, 2.75) is 78.5 Å². The van der Waals surface area contributed by atoms with Gasteiger partial charge in [-0.25, -0.2) is 0 Å². The fourth-order valence-electron chi connectivity index (χ4n) is 4.65. The average Bonchev–Trinajstić information content (AvgIpc) is 3.03. The van der Waals surface area contributed by atoms with E-state index < -0.39 is 15.0 Å². The van der Waals surface area contributed by atoms with Crippen LogP contribution < -0.4 is 10.1 Å². The second kappa shape index (κ2) is 19.0. The van der Waals surface area contributed by atoms with Crippen LogP contribution in [0.3, 0.4) is 0 Å². The lowest BCUT2D eigenvalue weighted by Gasteiger charge is -2.30. The molecule has 3 rings (SSSR count). The van der Waals surface area contributed by atoms with Crippen LogP contribution in [0.5, 0.6) is 5.75 Å². The van der Waals surface area contributed by atoms with Crippen molar-refractivity contribution in [2.75, 3.05) is 19.8 Å². The maximum atomic E-state index is 13.0. The number of hydrogen-bond donors (Lipinski definition) is 1. The maximum absolute atomic E-state index is 13.0. The smallest absolute Gasteiger partial charge is 0.471 e. The highest BCUT2D eigenvalue weighted by atomic mass is 28.4. The zero-order chi connectivity index (χ0) is 30.8. The van der Waals surface area contributed by atoms with Gasteiger partial charge in [0.25, 0.3) is 5.91 Å². The summed E-state index contributed by atoms with van der Waals surface area (Å²) in [5.41, 5.74) is 3.40. The highest BCUT2D eigenvalue weighted by molar-refractivity contribution is 6.60. The summed E-state index contributed by atoms with van der Waals surface area (Å²) in [5, 5.41) is 11.8. The molecule has 1 unspecified atom stereocenters. The molecule has 0 saturated carbocycles. The van der Waals surface area contributed by atoms with Crippen molar-refractivity contribution < 1.29 is 22.8 Å². The van der Waals surface area contributed by atoms with E-state index in [9.17, 15) is 4.79 Å². The molecule has 0 spiro atoms. The van der Waals surface area contributed by atoms with Crippen molar-refractivity contribution in [2.24, 2.45) is 10.2 Å². The van der Waals surface area contributed by atoms with Gasteiger partial charge in [0.05, 0.1) is 11.4 Å². The summed E-state index contributed by atoms with van der Waals surface area (Å²) in [6, 6.07) is 25.2. The van der Waals surface area contributed by atoms with E-state index in [4.69, 9.17) is 18.0 Å². The molecule has 0 aliphatic rings. The van der Waals surface area contributed by atoms with Gasteiger partial charge in [-0.15, -0.1) is 0 Å². The van der Waals surface area contributed by atoms with Gasteiger partial charge >= 0.3 is 8.80 Å². The molecular weight excluding hydrogens is 558 g/mol. The number of unbranched alkanes of at least 4 members (excludes halogenated alkanes) is 3. The quantitative estimate of drug-likeness (QED) is 0.0601. The molecule has 232 valence electrons. The molecule has 3 aromatic carbocycles.